The van der Waals surface area contributed by atoms with E-state index in [1.807, 2.05) is 0 Å². The summed E-state index contributed by atoms with van der Waals surface area (Å²) >= 11 is 5.87. The summed E-state index contributed by atoms with van der Waals surface area (Å²) in [4.78, 5) is 15.3. The number of nitrogen functional groups attached to an aromatic ring is 1. The number of nitrogens with zero attached hydrogens (tertiary/aromatic N) is 2. The summed E-state index contributed by atoms with van der Waals surface area (Å²) in [6.07, 6.45) is 3.82. The Morgan fingerprint density at radius 3 is 2.92 bits per heavy atom. The van der Waals surface area contributed by atoms with Gasteiger partial charge in [0, 0.05) is 38.3 Å². The highest BCUT2D eigenvalue weighted by Crippen LogP contribution is 2.28. The van der Waals surface area contributed by atoms with E-state index in [0.29, 0.717) is 13.0 Å². The van der Waals surface area contributed by atoms with Gasteiger partial charge in [-0.1, -0.05) is 18.0 Å². The fourth-order valence-corrected chi connectivity index (χ4v) is 4.72. The molecule has 0 saturated carbocycles. The second kappa shape index (κ2) is 8.11. The molecule has 1 aromatic heterocycles. The van der Waals surface area contributed by atoms with Crippen LogP contribution in [-0.2, 0) is 14.8 Å². The molecule has 1 aliphatic heterocycles. The predicted molar refractivity (Wildman–Crippen MR) is 91.9 cm³/mol. The molecule has 2 rings (SSSR count). The van der Waals surface area contributed by atoms with Crippen molar-refractivity contribution < 1.29 is 13.2 Å². The summed E-state index contributed by atoms with van der Waals surface area (Å²) in [5.74, 6) is -0.278. The van der Waals surface area contributed by atoms with Crippen molar-refractivity contribution in [3.8, 4) is 0 Å². The molecule has 0 radical (unpaired) electrons. The van der Waals surface area contributed by atoms with Gasteiger partial charge in [0.1, 0.15) is 10.7 Å². The zero-order valence-corrected chi connectivity index (χ0v) is 14.8. The minimum absolute atomic E-state index is 0.0871. The number of rotatable bonds is 6. The molecule has 0 bridgehead atoms. The Morgan fingerprint density at radius 1 is 1.46 bits per heavy atom. The number of hydrogen-bond donors (Lipinski definition) is 3. The summed E-state index contributed by atoms with van der Waals surface area (Å²) < 4.78 is 27.3. The standard InChI is InChI=1S/C14H22ClN5O3S/c15-10-7-12(14(17)19-8-10)24(22,23)20-6-2-1-3-11(20)9-18-13(21)4-5-16/h7-8,11H,1-6,9,16H2,(H2,17,19)(H,18,21). The third-order valence-corrected chi connectivity index (χ3v) is 6.10. The highest BCUT2D eigenvalue weighted by Gasteiger charge is 2.35. The fourth-order valence-electron chi connectivity index (χ4n) is 2.71. The van der Waals surface area contributed by atoms with E-state index in [0.717, 1.165) is 12.8 Å². The highest BCUT2D eigenvalue weighted by molar-refractivity contribution is 7.89. The van der Waals surface area contributed by atoms with E-state index in [9.17, 15) is 13.2 Å². The first kappa shape index (κ1) is 18.9. The quantitative estimate of drug-likeness (QED) is 0.656. The third-order valence-electron chi connectivity index (χ3n) is 3.91. The van der Waals surface area contributed by atoms with Gasteiger partial charge in [0.05, 0.1) is 5.02 Å². The SMILES string of the molecule is NCCC(=O)NCC1CCCCN1S(=O)(=O)c1cc(Cl)cnc1N. The van der Waals surface area contributed by atoms with Crippen LogP contribution in [0.2, 0.25) is 5.02 Å². The smallest absolute Gasteiger partial charge is 0.247 e. The van der Waals surface area contributed by atoms with Crippen LogP contribution in [0.5, 0.6) is 0 Å². The number of aromatic nitrogens is 1. The van der Waals surface area contributed by atoms with Gasteiger partial charge < -0.3 is 16.8 Å². The summed E-state index contributed by atoms with van der Waals surface area (Å²) in [6, 6.07) is 0.974. The van der Waals surface area contributed by atoms with E-state index >= 15 is 0 Å². The molecule has 0 aliphatic carbocycles. The Kier molecular flexibility index (Phi) is 6.39. The number of anilines is 1. The highest BCUT2D eigenvalue weighted by atomic mass is 35.5. The molecule has 1 saturated heterocycles. The van der Waals surface area contributed by atoms with E-state index in [1.165, 1.54) is 16.6 Å². The van der Waals surface area contributed by atoms with Gasteiger partial charge in [0.15, 0.2) is 0 Å². The van der Waals surface area contributed by atoms with Gasteiger partial charge in [-0.25, -0.2) is 13.4 Å². The summed E-state index contributed by atoms with van der Waals surface area (Å²) in [7, 11) is -3.84. The Morgan fingerprint density at radius 2 is 2.21 bits per heavy atom. The molecule has 1 aromatic rings. The first-order valence-electron chi connectivity index (χ1n) is 7.76. The van der Waals surface area contributed by atoms with Gasteiger partial charge in [0.2, 0.25) is 15.9 Å². The molecule has 0 aromatic carbocycles. The molecule has 0 spiro atoms. The molecule has 5 N–H and O–H groups in total. The molecule has 1 unspecified atom stereocenters. The number of hydrogen-bond acceptors (Lipinski definition) is 6. The zero-order valence-electron chi connectivity index (χ0n) is 13.2. The predicted octanol–water partition coefficient (Wildman–Crippen LogP) is 0.325. The van der Waals surface area contributed by atoms with Crippen LogP contribution in [0, 0.1) is 0 Å². The number of sulfonamides is 1. The third kappa shape index (κ3) is 4.35. The maximum atomic E-state index is 13.0. The van der Waals surface area contributed by atoms with Crippen LogP contribution in [0.4, 0.5) is 5.82 Å². The van der Waals surface area contributed by atoms with E-state index in [-0.39, 0.29) is 47.2 Å². The molecule has 1 aliphatic rings. The Hall–Kier alpha value is -1.42. The van der Waals surface area contributed by atoms with Gasteiger partial charge >= 0.3 is 0 Å². The lowest BCUT2D eigenvalue weighted by atomic mass is 10.1. The van der Waals surface area contributed by atoms with Gasteiger partial charge in [-0.3, -0.25) is 4.79 Å². The van der Waals surface area contributed by atoms with Crippen molar-refractivity contribution in [1.29, 1.82) is 0 Å². The van der Waals surface area contributed by atoms with Crippen molar-refractivity contribution in [1.82, 2.24) is 14.6 Å². The normalized spacial score (nSPS) is 19.2. The molecular formula is C14H22ClN5O3S. The average Bonchev–Trinajstić information content (AvgIpc) is 2.55. The van der Waals surface area contributed by atoms with Gasteiger partial charge in [-0.15, -0.1) is 0 Å². The largest absolute Gasteiger partial charge is 0.383 e. The van der Waals surface area contributed by atoms with Crippen molar-refractivity contribution in [3.63, 3.8) is 0 Å². The number of amides is 1. The van der Waals surface area contributed by atoms with E-state index < -0.39 is 10.0 Å². The van der Waals surface area contributed by atoms with Crippen LogP contribution in [0.15, 0.2) is 17.2 Å². The van der Waals surface area contributed by atoms with Crippen molar-refractivity contribution in [2.45, 2.75) is 36.6 Å². The lowest BCUT2D eigenvalue weighted by molar-refractivity contribution is -0.121. The molecule has 1 fully saturated rings. The number of piperidine rings is 1. The number of nitrogens with one attached hydrogen (secondary N) is 1. The maximum Gasteiger partial charge on any atom is 0.247 e. The number of halogens is 1. The van der Waals surface area contributed by atoms with Gasteiger partial charge in [-0.05, 0) is 18.9 Å². The minimum atomic E-state index is -3.84. The van der Waals surface area contributed by atoms with Crippen molar-refractivity contribution in [2.75, 3.05) is 25.4 Å². The second-order valence-corrected chi connectivity index (χ2v) is 7.94. The Balaban J connectivity index is 2.22. The second-order valence-electron chi connectivity index (χ2n) is 5.65. The van der Waals surface area contributed by atoms with E-state index in [2.05, 4.69) is 10.3 Å². The van der Waals surface area contributed by atoms with E-state index in [1.54, 1.807) is 0 Å². The maximum absolute atomic E-state index is 13.0. The molecule has 2 heterocycles. The lowest BCUT2D eigenvalue weighted by Gasteiger charge is -2.34. The Bertz CT molecular complexity index is 698. The summed E-state index contributed by atoms with van der Waals surface area (Å²) in [6.45, 7) is 0.862. The number of carbonyl (C=O) groups is 1. The van der Waals surface area contributed by atoms with Crippen LogP contribution in [0.1, 0.15) is 25.7 Å². The zero-order chi connectivity index (χ0) is 17.7. The molecule has 1 amide bonds. The monoisotopic (exact) mass is 375 g/mol. The van der Waals surface area contributed by atoms with Crippen molar-refractivity contribution in [3.05, 3.63) is 17.3 Å². The van der Waals surface area contributed by atoms with Crippen LogP contribution in [0.25, 0.3) is 0 Å². The van der Waals surface area contributed by atoms with Crippen molar-refractivity contribution >= 4 is 33.3 Å². The first-order chi connectivity index (χ1) is 11.4. The van der Waals surface area contributed by atoms with Crippen LogP contribution < -0.4 is 16.8 Å². The number of pyridine rings is 1. The number of nitrogens with two attached hydrogens (primary N) is 2. The van der Waals surface area contributed by atoms with Crippen LogP contribution in [-0.4, -0.2) is 49.3 Å². The molecule has 8 nitrogen and oxygen atoms in total. The van der Waals surface area contributed by atoms with Crippen LogP contribution in [0.3, 0.4) is 0 Å². The summed E-state index contributed by atoms with van der Waals surface area (Å²) in [5.41, 5.74) is 11.1. The molecule has 10 heteroatoms. The summed E-state index contributed by atoms with van der Waals surface area (Å²) in [5, 5.41) is 2.94. The molecule has 24 heavy (non-hydrogen) atoms. The number of carbonyl (C=O) groups excluding carboxylic acids is 1. The van der Waals surface area contributed by atoms with Crippen LogP contribution >= 0.6 is 11.6 Å². The first-order valence-corrected chi connectivity index (χ1v) is 9.57. The van der Waals surface area contributed by atoms with E-state index in [4.69, 9.17) is 23.1 Å². The van der Waals surface area contributed by atoms with Gasteiger partial charge in [-0.2, -0.15) is 4.31 Å². The molecule has 134 valence electrons. The fraction of sp³-hybridized carbons (Fsp3) is 0.571. The lowest BCUT2D eigenvalue weighted by Crippen LogP contribution is -2.49. The molecule has 1 atom stereocenters. The Labute approximate surface area is 146 Å². The topological polar surface area (TPSA) is 131 Å². The molecular weight excluding hydrogens is 354 g/mol. The van der Waals surface area contributed by atoms with Crippen molar-refractivity contribution in [2.24, 2.45) is 5.73 Å². The minimum Gasteiger partial charge on any atom is -0.383 e. The average molecular weight is 376 g/mol. The van der Waals surface area contributed by atoms with Gasteiger partial charge in [0.25, 0.3) is 0 Å².